The Balaban J connectivity index is 2.28. The Morgan fingerprint density at radius 2 is 1.75 bits per heavy atom. The molecule has 0 aromatic heterocycles. The Kier molecular flexibility index (Phi) is 5.25. The van der Waals surface area contributed by atoms with E-state index in [1.54, 1.807) is 11.8 Å². The highest BCUT2D eigenvalue weighted by Crippen LogP contribution is 2.04. The zero-order valence-corrected chi connectivity index (χ0v) is 10.1. The molecule has 5 nitrogen and oxygen atoms in total. The van der Waals surface area contributed by atoms with E-state index in [1.807, 2.05) is 6.92 Å². The van der Waals surface area contributed by atoms with Gasteiger partial charge >= 0.3 is 6.09 Å². The normalized spacial score (nSPS) is 17.2. The van der Waals surface area contributed by atoms with Crippen molar-refractivity contribution < 1.29 is 14.3 Å². The molecule has 0 aliphatic carbocycles. The highest BCUT2D eigenvalue weighted by atomic mass is 16.6. The maximum Gasteiger partial charge on any atom is 0.409 e. The molecule has 0 bridgehead atoms. The second-order valence-corrected chi connectivity index (χ2v) is 3.85. The molecule has 1 rings (SSSR count). The monoisotopic (exact) mass is 228 g/mol. The van der Waals surface area contributed by atoms with Gasteiger partial charge in [0.15, 0.2) is 0 Å². The molecule has 0 N–H and O–H groups in total. The average molecular weight is 228 g/mol. The highest BCUT2D eigenvalue weighted by molar-refractivity contribution is 5.80. The van der Waals surface area contributed by atoms with Crippen LogP contribution in [0.3, 0.4) is 0 Å². The first-order valence-electron chi connectivity index (χ1n) is 5.83. The van der Waals surface area contributed by atoms with Crippen molar-refractivity contribution in [3.05, 3.63) is 0 Å². The molecule has 16 heavy (non-hydrogen) atoms. The summed E-state index contributed by atoms with van der Waals surface area (Å²) in [5.74, 6) is 0.254. The number of ketones is 1. The van der Waals surface area contributed by atoms with E-state index in [4.69, 9.17) is 4.74 Å². The van der Waals surface area contributed by atoms with Gasteiger partial charge < -0.3 is 9.64 Å². The third kappa shape index (κ3) is 3.81. The molecule has 0 unspecified atom stereocenters. The van der Waals surface area contributed by atoms with Gasteiger partial charge in [0.1, 0.15) is 5.78 Å². The first-order chi connectivity index (χ1) is 7.67. The number of hydrogen-bond acceptors (Lipinski definition) is 4. The fraction of sp³-hybridized carbons (Fsp3) is 0.818. The summed E-state index contributed by atoms with van der Waals surface area (Å²) in [5.41, 5.74) is 0. The lowest BCUT2D eigenvalue weighted by Crippen LogP contribution is -2.50. The summed E-state index contributed by atoms with van der Waals surface area (Å²) < 4.78 is 4.92. The predicted octanol–water partition coefficient (Wildman–Crippen LogP) is 0.740. The maximum absolute atomic E-state index is 11.4. The molecule has 0 saturated carbocycles. The first-order valence-corrected chi connectivity index (χ1v) is 5.83. The van der Waals surface area contributed by atoms with Gasteiger partial charge in [0.2, 0.25) is 0 Å². The second-order valence-electron chi connectivity index (χ2n) is 3.85. The summed E-state index contributed by atoms with van der Waals surface area (Å²) in [6, 6.07) is 0. The molecule has 0 atom stereocenters. The fourth-order valence-corrected chi connectivity index (χ4v) is 1.66. The van der Waals surface area contributed by atoms with Crippen LogP contribution in [0.15, 0.2) is 0 Å². The molecule has 0 aromatic rings. The van der Waals surface area contributed by atoms with Crippen LogP contribution >= 0.6 is 0 Å². The Morgan fingerprint density at radius 3 is 2.25 bits per heavy atom. The number of amides is 1. The van der Waals surface area contributed by atoms with Crippen molar-refractivity contribution >= 4 is 11.9 Å². The Labute approximate surface area is 96.3 Å². The number of carbonyl (C=O) groups is 2. The van der Waals surface area contributed by atoms with E-state index in [1.165, 1.54) is 0 Å². The Bertz CT molecular complexity index is 248. The quantitative estimate of drug-likeness (QED) is 0.712. The van der Waals surface area contributed by atoms with Crippen LogP contribution in [0.5, 0.6) is 0 Å². The predicted molar refractivity (Wildman–Crippen MR) is 60.3 cm³/mol. The van der Waals surface area contributed by atoms with Gasteiger partial charge in [0.05, 0.1) is 13.2 Å². The van der Waals surface area contributed by atoms with Crippen molar-refractivity contribution in [3.63, 3.8) is 0 Å². The van der Waals surface area contributed by atoms with Gasteiger partial charge in [0, 0.05) is 32.6 Å². The van der Waals surface area contributed by atoms with E-state index in [0.717, 1.165) is 13.1 Å². The van der Waals surface area contributed by atoms with E-state index >= 15 is 0 Å². The molecule has 0 spiro atoms. The van der Waals surface area contributed by atoms with Gasteiger partial charge in [-0.3, -0.25) is 9.69 Å². The lowest BCUT2D eigenvalue weighted by atomic mass is 10.2. The van der Waals surface area contributed by atoms with Crippen molar-refractivity contribution in [2.75, 3.05) is 39.3 Å². The summed E-state index contributed by atoms with van der Waals surface area (Å²) >= 11 is 0. The van der Waals surface area contributed by atoms with Gasteiger partial charge in [-0.1, -0.05) is 6.92 Å². The molecular weight excluding hydrogens is 208 g/mol. The average Bonchev–Trinajstić information content (AvgIpc) is 2.30. The van der Waals surface area contributed by atoms with Crippen LogP contribution in [0.2, 0.25) is 0 Å². The Hall–Kier alpha value is -1.10. The number of hydrogen-bond donors (Lipinski definition) is 0. The van der Waals surface area contributed by atoms with Crippen molar-refractivity contribution in [2.45, 2.75) is 20.3 Å². The van der Waals surface area contributed by atoms with E-state index in [0.29, 0.717) is 32.7 Å². The summed E-state index contributed by atoms with van der Waals surface area (Å²) in [5, 5.41) is 0. The third-order valence-electron chi connectivity index (χ3n) is 2.69. The van der Waals surface area contributed by atoms with Crippen LogP contribution in [-0.4, -0.2) is 61.0 Å². The van der Waals surface area contributed by atoms with Crippen LogP contribution < -0.4 is 0 Å². The first kappa shape index (κ1) is 13.0. The van der Waals surface area contributed by atoms with E-state index in [2.05, 4.69) is 4.90 Å². The van der Waals surface area contributed by atoms with E-state index in [9.17, 15) is 9.59 Å². The maximum atomic E-state index is 11.4. The largest absolute Gasteiger partial charge is 0.450 e. The molecule has 0 radical (unpaired) electrons. The van der Waals surface area contributed by atoms with Gasteiger partial charge in [0.25, 0.3) is 0 Å². The summed E-state index contributed by atoms with van der Waals surface area (Å²) in [6.45, 7) is 7.40. The fourth-order valence-electron chi connectivity index (χ4n) is 1.66. The molecule has 1 saturated heterocycles. The van der Waals surface area contributed by atoms with Crippen molar-refractivity contribution in [2.24, 2.45) is 0 Å². The summed E-state index contributed by atoms with van der Waals surface area (Å²) in [4.78, 5) is 26.4. The minimum absolute atomic E-state index is 0.246. The molecule has 5 heteroatoms. The third-order valence-corrected chi connectivity index (χ3v) is 2.69. The standard InChI is InChI=1S/C11H20N2O3/c1-3-10(14)9-12-5-7-13(8-6-12)11(15)16-4-2/h3-9H2,1-2H3. The smallest absolute Gasteiger partial charge is 0.409 e. The zero-order chi connectivity index (χ0) is 12.0. The minimum Gasteiger partial charge on any atom is -0.450 e. The topological polar surface area (TPSA) is 49.9 Å². The number of rotatable bonds is 4. The van der Waals surface area contributed by atoms with Gasteiger partial charge in [-0.05, 0) is 6.92 Å². The van der Waals surface area contributed by atoms with Crippen LogP contribution in [0.1, 0.15) is 20.3 Å². The molecule has 0 aromatic carbocycles. The van der Waals surface area contributed by atoms with Gasteiger partial charge in [-0.2, -0.15) is 0 Å². The van der Waals surface area contributed by atoms with Gasteiger partial charge in [-0.15, -0.1) is 0 Å². The lowest BCUT2D eigenvalue weighted by molar-refractivity contribution is -0.120. The zero-order valence-electron chi connectivity index (χ0n) is 10.1. The number of carbonyl (C=O) groups excluding carboxylic acids is 2. The van der Waals surface area contributed by atoms with E-state index in [-0.39, 0.29) is 11.9 Å². The van der Waals surface area contributed by atoms with Gasteiger partial charge in [-0.25, -0.2) is 4.79 Å². The van der Waals surface area contributed by atoms with Crippen LogP contribution in [0.25, 0.3) is 0 Å². The highest BCUT2D eigenvalue weighted by Gasteiger charge is 2.22. The molecule has 92 valence electrons. The number of Topliss-reactive ketones (excluding diaryl/α,β-unsaturated/α-hetero) is 1. The van der Waals surface area contributed by atoms with Crippen LogP contribution in [0.4, 0.5) is 4.79 Å². The summed E-state index contributed by atoms with van der Waals surface area (Å²) in [6.07, 6.45) is 0.335. The molecule has 1 aliphatic rings. The molecule has 1 fully saturated rings. The molecule has 1 aliphatic heterocycles. The molecular formula is C11H20N2O3. The van der Waals surface area contributed by atoms with E-state index < -0.39 is 0 Å². The van der Waals surface area contributed by atoms with Crippen molar-refractivity contribution in [1.82, 2.24) is 9.80 Å². The number of piperazine rings is 1. The Morgan fingerprint density at radius 1 is 1.12 bits per heavy atom. The molecule has 1 amide bonds. The van der Waals surface area contributed by atoms with Crippen LogP contribution in [-0.2, 0) is 9.53 Å². The van der Waals surface area contributed by atoms with Crippen molar-refractivity contribution in [1.29, 1.82) is 0 Å². The van der Waals surface area contributed by atoms with Crippen LogP contribution in [0, 0.1) is 0 Å². The SMILES string of the molecule is CCOC(=O)N1CCN(CC(=O)CC)CC1. The van der Waals surface area contributed by atoms with Crippen molar-refractivity contribution in [3.8, 4) is 0 Å². The number of ether oxygens (including phenoxy) is 1. The summed E-state index contributed by atoms with van der Waals surface area (Å²) in [7, 11) is 0. The lowest BCUT2D eigenvalue weighted by Gasteiger charge is -2.33. The second kappa shape index (κ2) is 6.48. The molecule has 1 heterocycles. The number of nitrogens with zero attached hydrogens (tertiary/aromatic N) is 2. The minimum atomic E-state index is -0.246.